The predicted octanol–water partition coefficient (Wildman–Crippen LogP) is 3.03. The summed E-state index contributed by atoms with van der Waals surface area (Å²) in [5.74, 6) is 0.194. The Bertz CT molecular complexity index is 451. The highest BCUT2D eigenvalue weighted by Gasteiger charge is 2.68. The Morgan fingerprint density at radius 2 is 1.94 bits per heavy atom. The van der Waals surface area contributed by atoms with E-state index >= 15 is 0 Å². The highest BCUT2D eigenvalue weighted by Crippen LogP contribution is 2.68. The number of carbonyl (C=O) groups is 1. The van der Waals surface area contributed by atoms with E-state index in [-0.39, 0.29) is 22.7 Å². The van der Waals surface area contributed by atoms with E-state index in [9.17, 15) is 4.79 Å². The number of carbonyl (C=O) groups excluding carboxylic acids is 1. The first kappa shape index (κ1) is 13.3. The van der Waals surface area contributed by atoms with Crippen LogP contribution < -0.4 is 5.32 Å². The molecule has 0 bridgehead atoms. The van der Waals surface area contributed by atoms with E-state index in [1.54, 1.807) is 12.3 Å². The molecule has 1 saturated carbocycles. The Labute approximate surface area is 113 Å². The maximum absolute atomic E-state index is 12.1. The summed E-state index contributed by atoms with van der Waals surface area (Å²) in [6.07, 6.45) is 1.59. The first-order chi connectivity index (χ1) is 8.26. The molecule has 1 aliphatic carbocycles. The van der Waals surface area contributed by atoms with E-state index < -0.39 is 0 Å². The summed E-state index contributed by atoms with van der Waals surface area (Å²) < 4.78 is 0. The zero-order valence-electron chi connectivity index (χ0n) is 11.2. The quantitative estimate of drug-likeness (QED) is 0.914. The SMILES string of the molecule is CC1(C)C(C(=O)NCc2ccc(Cl)cn2)C1(C)C. The van der Waals surface area contributed by atoms with Gasteiger partial charge in [-0.3, -0.25) is 9.78 Å². The highest BCUT2D eigenvalue weighted by atomic mass is 35.5. The number of pyridine rings is 1. The lowest BCUT2D eigenvalue weighted by atomic mass is 10.0. The van der Waals surface area contributed by atoms with Gasteiger partial charge in [-0.15, -0.1) is 0 Å². The van der Waals surface area contributed by atoms with Gasteiger partial charge < -0.3 is 5.32 Å². The van der Waals surface area contributed by atoms with Gasteiger partial charge in [0.1, 0.15) is 0 Å². The van der Waals surface area contributed by atoms with Crippen molar-refractivity contribution in [2.75, 3.05) is 0 Å². The topological polar surface area (TPSA) is 42.0 Å². The van der Waals surface area contributed by atoms with Crippen LogP contribution in [0.5, 0.6) is 0 Å². The second kappa shape index (κ2) is 4.23. The number of hydrogen-bond donors (Lipinski definition) is 1. The fraction of sp³-hybridized carbons (Fsp3) is 0.571. The second-order valence-electron chi connectivity index (χ2n) is 6.06. The Kier molecular flexibility index (Phi) is 3.14. The van der Waals surface area contributed by atoms with Crippen LogP contribution in [0.1, 0.15) is 33.4 Å². The van der Waals surface area contributed by atoms with Gasteiger partial charge in [-0.05, 0) is 23.0 Å². The second-order valence-corrected chi connectivity index (χ2v) is 6.50. The molecule has 0 unspecified atom stereocenters. The summed E-state index contributed by atoms with van der Waals surface area (Å²) in [5, 5.41) is 3.55. The Morgan fingerprint density at radius 3 is 2.39 bits per heavy atom. The molecule has 0 aliphatic heterocycles. The molecule has 1 heterocycles. The maximum atomic E-state index is 12.1. The summed E-state index contributed by atoms with van der Waals surface area (Å²) in [6, 6.07) is 3.60. The third-order valence-electron chi connectivity index (χ3n) is 4.52. The van der Waals surface area contributed by atoms with E-state index in [0.29, 0.717) is 11.6 Å². The minimum atomic E-state index is 0.0739. The van der Waals surface area contributed by atoms with Gasteiger partial charge in [-0.2, -0.15) is 0 Å². The lowest BCUT2D eigenvalue weighted by Crippen LogP contribution is -2.27. The van der Waals surface area contributed by atoms with Crippen LogP contribution in [0.4, 0.5) is 0 Å². The Hall–Kier alpha value is -1.09. The molecule has 0 radical (unpaired) electrons. The van der Waals surface area contributed by atoms with Gasteiger partial charge in [0.05, 0.1) is 17.3 Å². The van der Waals surface area contributed by atoms with Crippen molar-refractivity contribution in [1.29, 1.82) is 0 Å². The van der Waals surface area contributed by atoms with E-state index in [0.717, 1.165) is 5.69 Å². The first-order valence-corrected chi connectivity index (χ1v) is 6.53. The molecule has 0 spiro atoms. The van der Waals surface area contributed by atoms with Crippen molar-refractivity contribution in [3.05, 3.63) is 29.0 Å². The van der Waals surface area contributed by atoms with Crippen LogP contribution in [0.2, 0.25) is 5.02 Å². The standard InChI is InChI=1S/C14H19ClN2O/c1-13(2)11(14(13,3)4)12(18)17-8-10-6-5-9(15)7-16-10/h5-7,11H,8H2,1-4H3,(H,17,18). The van der Waals surface area contributed by atoms with Crippen molar-refractivity contribution in [3.63, 3.8) is 0 Å². The molecule has 18 heavy (non-hydrogen) atoms. The summed E-state index contributed by atoms with van der Waals surface area (Å²) in [5.41, 5.74) is 0.971. The van der Waals surface area contributed by atoms with Gasteiger partial charge in [0.15, 0.2) is 0 Å². The van der Waals surface area contributed by atoms with Crippen LogP contribution in [0.25, 0.3) is 0 Å². The van der Waals surface area contributed by atoms with Gasteiger partial charge in [-0.1, -0.05) is 39.3 Å². The summed E-state index contributed by atoms with van der Waals surface area (Å²) >= 11 is 5.76. The van der Waals surface area contributed by atoms with Crippen LogP contribution in [0.15, 0.2) is 18.3 Å². The molecule has 0 saturated heterocycles. The minimum Gasteiger partial charge on any atom is -0.350 e. The summed E-state index contributed by atoms with van der Waals surface area (Å²) in [6.45, 7) is 9.00. The number of aromatic nitrogens is 1. The van der Waals surface area contributed by atoms with Crippen molar-refractivity contribution in [1.82, 2.24) is 10.3 Å². The van der Waals surface area contributed by atoms with E-state index in [1.807, 2.05) is 6.07 Å². The fourth-order valence-corrected chi connectivity index (χ4v) is 2.75. The normalized spacial score (nSPS) is 20.5. The first-order valence-electron chi connectivity index (χ1n) is 6.15. The van der Waals surface area contributed by atoms with Gasteiger partial charge >= 0.3 is 0 Å². The lowest BCUT2D eigenvalue weighted by molar-refractivity contribution is -0.123. The molecule has 1 N–H and O–H groups in total. The number of rotatable bonds is 3. The summed E-state index contributed by atoms with van der Waals surface area (Å²) in [7, 11) is 0. The molecular weight excluding hydrogens is 248 g/mol. The average molecular weight is 267 g/mol. The van der Waals surface area contributed by atoms with Gasteiger partial charge in [-0.25, -0.2) is 0 Å². The minimum absolute atomic E-state index is 0.0739. The number of nitrogens with one attached hydrogen (secondary N) is 1. The smallest absolute Gasteiger partial charge is 0.224 e. The molecule has 1 fully saturated rings. The zero-order valence-corrected chi connectivity index (χ0v) is 12.0. The number of amides is 1. The monoisotopic (exact) mass is 266 g/mol. The van der Waals surface area contributed by atoms with Gasteiger partial charge in [0.25, 0.3) is 0 Å². The van der Waals surface area contributed by atoms with Crippen LogP contribution in [0.3, 0.4) is 0 Å². The van der Waals surface area contributed by atoms with E-state index in [1.165, 1.54) is 0 Å². The molecule has 1 aliphatic rings. The third-order valence-corrected chi connectivity index (χ3v) is 4.74. The maximum Gasteiger partial charge on any atom is 0.224 e. The van der Waals surface area contributed by atoms with Gasteiger partial charge in [0.2, 0.25) is 5.91 Å². The van der Waals surface area contributed by atoms with E-state index in [2.05, 4.69) is 38.0 Å². The number of halogens is 1. The molecular formula is C14H19ClN2O. The van der Waals surface area contributed by atoms with Crippen molar-refractivity contribution >= 4 is 17.5 Å². The molecule has 1 aromatic heterocycles. The summed E-state index contributed by atoms with van der Waals surface area (Å²) in [4.78, 5) is 16.3. The lowest BCUT2D eigenvalue weighted by Gasteiger charge is -2.06. The molecule has 98 valence electrons. The predicted molar refractivity (Wildman–Crippen MR) is 72.1 cm³/mol. The van der Waals surface area contributed by atoms with Crippen LogP contribution in [-0.4, -0.2) is 10.9 Å². The number of nitrogens with zero attached hydrogens (tertiary/aromatic N) is 1. The molecule has 0 atom stereocenters. The fourth-order valence-electron chi connectivity index (χ4n) is 2.64. The number of hydrogen-bond acceptors (Lipinski definition) is 2. The molecule has 1 amide bonds. The van der Waals surface area contributed by atoms with Gasteiger partial charge in [0, 0.05) is 12.1 Å². The molecule has 2 rings (SSSR count). The van der Waals surface area contributed by atoms with Crippen molar-refractivity contribution < 1.29 is 4.79 Å². The molecule has 1 aromatic rings. The molecule has 3 nitrogen and oxygen atoms in total. The molecule has 4 heteroatoms. The highest BCUT2D eigenvalue weighted by molar-refractivity contribution is 6.30. The van der Waals surface area contributed by atoms with Crippen LogP contribution >= 0.6 is 11.6 Å². The Morgan fingerprint density at radius 1 is 1.33 bits per heavy atom. The third kappa shape index (κ3) is 2.12. The Balaban J connectivity index is 1.92. The van der Waals surface area contributed by atoms with Crippen molar-refractivity contribution in [2.24, 2.45) is 16.7 Å². The largest absolute Gasteiger partial charge is 0.350 e. The van der Waals surface area contributed by atoms with Crippen molar-refractivity contribution in [2.45, 2.75) is 34.2 Å². The molecule has 0 aromatic carbocycles. The van der Waals surface area contributed by atoms with Crippen molar-refractivity contribution in [3.8, 4) is 0 Å². The average Bonchev–Trinajstić information content (AvgIpc) is 2.68. The van der Waals surface area contributed by atoms with E-state index in [4.69, 9.17) is 11.6 Å². The van der Waals surface area contributed by atoms with Crippen LogP contribution in [0, 0.1) is 16.7 Å². The van der Waals surface area contributed by atoms with Crippen LogP contribution in [-0.2, 0) is 11.3 Å². The zero-order chi connectivity index (χ0) is 13.6.